The van der Waals surface area contributed by atoms with Crippen molar-refractivity contribution in [2.45, 2.75) is 19.3 Å². The van der Waals surface area contributed by atoms with E-state index in [1.54, 1.807) is 0 Å². The number of piperazine rings is 1. The van der Waals surface area contributed by atoms with Crippen LogP contribution in [0.2, 0.25) is 0 Å². The van der Waals surface area contributed by atoms with E-state index in [2.05, 4.69) is 10.3 Å². The number of cyclic esters (lactones) is 1. The Morgan fingerprint density at radius 1 is 1.19 bits per heavy atom. The van der Waals surface area contributed by atoms with E-state index < -0.39 is 36.6 Å². The van der Waals surface area contributed by atoms with Crippen LogP contribution in [0.5, 0.6) is 0 Å². The lowest BCUT2D eigenvalue weighted by Gasteiger charge is -2.35. The fourth-order valence-electron chi connectivity index (χ4n) is 3.66. The van der Waals surface area contributed by atoms with Crippen LogP contribution in [0.25, 0.3) is 0 Å². The zero-order valence-corrected chi connectivity index (χ0v) is 16.2. The third kappa shape index (κ3) is 4.20. The number of rotatable bonds is 5. The minimum atomic E-state index is -1.08. The zero-order chi connectivity index (χ0) is 22.1. The van der Waals surface area contributed by atoms with Crippen molar-refractivity contribution in [3.63, 3.8) is 0 Å². The van der Waals surface area contributed by atoms with Crippen LogP contribution in [0.3, 0.4) is 0 Å². The summed E-state index contributed by atoms with van der Waals surface area (Å²) in [4.78, 5) is 26.9. The van der Waals surface area contributed by atoms with Gasteiger partial charge in [0.25, 0.3) is 0 Å². The van der Waals surface area contributed by atoms with Gasteiger partial charge in [-0.15, -0.1) is 5.10 Å². The van der Waals surface area contributed by atoms with Gasteiger partial charge in [-0.1, -0.05) is 5.21 Å². The number of carboxylic acid groups (broad SMARTS) is 1. The van der Waals surface area contributed by atoms with Gasteiger partial charge in [0.2, 0.25) is 0 Å². The van der Waals surface area contributed by atoms with Crippen molar-refractivity contribution in [1.29, 1.82) is 0 Å². The molecular formula is C18H19F3N6O4. The topological polar surface area (TPSA) is 104 Å². The lowest BCUT2D eigenvalue weighted by Crippen LogP contribution is -2.48. The highest BCUT2D eigenvalue weighted by Gasteiger charge is 2.34. The highest BCUT2D eigenvalue weighted by atomic mass is 19.1. The van der Waals surface area contributed by atoms with E-state index in [9.17, 15) is 22.8 Å². The number of hydrogen-bond donors (Lipinski definition) is 1. The number of amides is 2. The summed E-state index contributed by atoms with van der Waals surface area (Å²) < 4.78 is 48.7. The van der Waals surface area contributed by atoms with E-state index >= 15 is 0 Å². The van der Waals surface area contributed by atoms with Crippen LogP contribution in [-0.4, -0.2) is 76.0 Å². The number of alkyl halides is 1. The molecule has 13 heteroatoms. The molecule has 166 valence electrons. The molecule has 1 atom stereocenters. The Balaban J connectivity index is 1.46. The number of anilines is 2. The van der Waals surface area contributed by atoms with Crippen molar-refractivity contribution in [2.75, 3.05) is 42.5 Å². The van der Waals surface area contributed by atoms with Crippen molar-refractivity contribution in [2.24, 2.45) is 0 Å². The van der Waals surface area contributed by atoms with Crippen molar-refractivity contribution in [3.8, 4) is 0 Å². The van der Waals surface area contributed by atoms with Gasteiger partial charge in [-0.2, -0.15) is 0 Å². The van der Waals surface area contributed by atoms with Gasteiger partial charge >= 0.3 is 12.2 Å². The first kappa shape index (κ1) is 20.8. The van der Waals surface area contributed by atoms with E-state index in [-0.39, 0.29) is 56.3 Å². The molecule has 10 nitrogen and oxygen atoms in total. The van der Waals surface area contributed by atoms with Crippen molar-refractivity contribution >= 4 is 23.6 Å². The Labute approximate surface area is 174 Å². The molecule has 2 saturated heterocycles. The molecule has 0 saturated carbocycles. The first-order chi connectivity index (χ1) is 14.9. The Bertz CT molecular complexity index is 971. The van der Waals surface area contributed by atoms with Gasteiger partial charge in [-0.25, -0.2) is 27.4 Å². The lowest BCUT2D eigenvalue weighted by atomic mass is 10.2. The van der Waals surface area contributed by atoms with Crippen LogP contribution in [0, 0.1) is 11.6 Å². The van der Waals surface area contributed by atoms with Gasteiger partial charge < -0.3 is 19.6 Å². The van der Waals surface area contributed by atoms with Gasteiger partial charge in [0.15, 0.2) is 11.6 Å². The summed E-state index contributed by atoms with van der Waals surface area (Å²) in [6, 6.07) is 2.09. The summed E-state index contributed by atoms with van der Waals surface area (Å²) in [5, 5.41) is 16.3. The summed E-state index contributed by atoms with van der Waals surface area (Å²) >= 11 is 0. The molecule has 4 rings (SSSR count). The van der Waals surface area contributed by atoms with Crippen molar-refractivity contribution in [1.82, 2.24) is 19.9 Å². The SMILES string of the molecule is O=C(O)N1CCN(c2c(F)cc(N3CC(Cn4cc(CF)nn4)OC3=O)cc2F)CC1. The number of halogens is 3. The maximum Gasteiger partial charge on any atom is 0.414 e. The number of ether oxygens (including phenoxy) is 1. The Morgan fingerprint density at radius 2 is 1.87 bits per heavy atom. The highest BCUT2D eigenvalue weighted by molar-refractivity contribution is 5.90. The molecular weight excluding hydrogens is 421 g/mol. The predicted octanol–water partition coefficient (Wildman–Crippen LogP) is 1.85. The van der Waals surface area contributed by atoms with E-state index in [0.29, 0.717) is 0 Å². The van der Waals surface area contributed by atoms with E-state index in [4.69, 9.17) is 9.84 Å². The number of benzene rings is 1. The Kier molecular flexibility index (Phi) is 5.57. The Morgan fingerprint density at radius 3 is 2.45 bits per heavy atom. The molecule has 0 radical (unpaired) electrons. The second-order valence-electron chi connectivity index (χ2n) is 7.20. The van der Waals surface area contributed by atoms with Crippen LogP contribution in [0.1, 0.15) is 5.69 Å². The summed E-state index contributed by atoms with van der Waals surface area (Å²) in [6.07, 6.45) is -1.12. The molecule has 1 unspecified atom stereocenters. The summed E-state index contributed by atoms with van der Waals surface area (Å²) in [6.45, 7) is -0.0820. The molecule has 1 N–H and O–H groups in total. The number of nitrogens with zero attached hydrogens (tertiary/aromatic N) is 6. The molecule has 0 bridgehead atoms. The monoisotopic (exact) mass is 440 g/mol. The van der Waals surface area contributed by atoms with Gasteiger partial charge in [0, 0.05) is 38.3 Å². The summed E-state index contributed by atoms with van der Waals surface area (Å²) in [7, 11) is 0. The summed E-state index contributed by atoms with van der Waals surface area (Å²) in [5.74, 6) is -1.72. The minimum Gasteiger partial charge on any atom is -0.465 e. The third-order valence-corrected chi connectivity index (χ3v) is 5.17. The Hall–Kier alpha value is -3.51. The number of carbonyl (C=O) groups is 2. The van der Waals surface area contributed by atoms with E-state index in [1.165, 1.54) is 20.7 Å². The number of hydrogen-bond acceptors (Lipinski definition) is 6. The second-order valence-corrected chi connectivity index (χ2v) is 7.20. The molecule has 31 heavy (non-hydrogen) atoms. The largest absolute Gasteiger partial charge is 0.465 e. The minimum absolute atomic E-state index is 0.00143. The molecule has 1 aromatic heterocycles. The number of aromatic nitrogens is 3. The maximum atomic E-state index is 14.8. The van der Waals surface area contributed by atoms with Crippen LogP contribution >= 0.6 is 0 Å². The zero-order valence-electron chi connectivity index (χ0n) is 16.2. The van der Waals surface area contributed by atoms with Crippen LogP contribution in [-0.2, 0) is 18.0 Å². The predicted molar refractivity (Wildman–Crippen MR) is 101 cm³/mol. The maximum absolute atomic E-state index is 14.8. The molecule has 2 aliphatic heterocycles. The van der Waals surface area contributed by atoms with Crippen molar-refractivity contribution < 1.29 is 32.6 Å². The molecule has 0 aliphatic carbocycles. The smallest absolute Gasteiger partial charge is 0.414 e. The van der Waals surface area contributed by atoms with Gasteiger partial charge in [-0.05, 0) is 0 Å². The first-order valence-electron chi connectivity index (χ1n) is 9.50. The van der Waals surface area contributed by atoms with Crippen molar-refractivity contribution in [3.05, 3.63) is 35.7 Å². The average molecular weight is 440 g/mol. The quantitative estimate of drug-likeness (QED) is 0.757. The fourth-order valence-corrected chi connectivity index (χ4v) is 3.66. The molecule has 0 spiro atoms. The van der Waals surface area contributed by atoms with Crippen LogP contribution in [0.4, 0.5) is 34.1 Å². The molecule has 2 aromatic rings. The van der Waals surface area contributed by atoms with E-state index in [1.807, 2.05) is 0 Å². The molecule has 2 amide bonds. The summed E-state index contributed by atoms with van der Waals surface area (Å²) in [5.41, 5.74) is -0.122. The van der Waals surface area contributed by atoms with Crippen LogP contribution in [0.15, 0.2) is 18.3 Å². The second kappa shape index (κ2) is 8.32. The number of carbonyl (C=O) groups excluding carboxylic acids is 1. The molecule has 2 fully saturated rings. The highest BCUT2D eigenvalue weighted by Crippen LogP contribution is 2.31. The standard InChI is InChI=1S/C18H19F3N6O4/c19-7-11-8-26(23-22-11)9-13-10-27(18(30)31-13)12-5-14(20)16(15(21)6-12)24-1-3-25(4-2-24)17(28)29/h5-6,8,13H,1-4,7,9-10H2,(H,28,29). The van der Waals surface area contributed by atoms with Gasteiger partial charge in [0.1, 0.15) is 24.2 Å². The first-order valence-corrected chi connectivity index (χ1v) is 9.50. The molecule has 1 aromatic carbocycles. The lowest BCUT2D eigenvalue weighted by molar-refractivity contribution is 0.129. The fraction of sp³-hybridized carbons (Fsp3) is 0.444. The normalized spacial score (nSPS) is 19.1. The average Bonchev–Trinajstić information content (AvgIpc) is 3.34. The van der Waals surface area contributed by atoms with E-state index in [0.717, 1.165) is 17.0 Å². The third-order valence-electron chi connectivity index (χ3n) is 5.17. The van der Waals surface area contributed by atoms with Crippen LogP contribution < -0.4 is 9.80 Å². The van der Waals surface area contributed by atoms with Gasteiger partial charge in [0.05, 0.1) is 25.0 Å². The molecule has 2 aliphatic rings. The molecule has 3 heterocycles. The van der Waals surface area contributed by atoms with Gasteiger partial charge in [-0.3, -0.25) is 4.90 Å².